The highest BCUT2D eigenvalue weighted by molar-refractivity contribution is 9.10. The van der Waals surface area contributed by atoms with Gasteiger partial charge in [-0.25, -0.2) is 14.6 Å². The molecule has 0 aromatic carbocycles. The van der Waals surface area contributed by atoms with Crippen LogP contribution in [0, 0.1) is 5.92 Å². The van der Waals surface area contributed by atoms with Gasteiger partial charge in [-0.3, -0.25) is 4.90 Å². The van der Waals surface area contributed by atoms with Crippen LogP contribution in [0.5, 0.6) is 0 Å². The molecule has 1 N–H and O–H groups in total. The Morgan fingerprint density at radius 2 is 1.92 bits per heavy atom. The first-order chi connectivity index (χ1) is 11.7. The molecule has 132 valence electrons. The standard InChI is InChI=1S/C17H27BrN6/c1-4-12(5-2)13(24-8-6-7-9-24)10-19-16-14-15(18)22-23(3)17(14)21-11-20-16/h11-13H,4-10H2,1-3H3,(H,19,20,21). The summed E-state index contributed by atoms with van der Waals surface area (Å²) in [7, 11) is 1.90. The number of hydrogen-bond acceptors (Lipinski definition) is 5. The molecule has 24 heavy (non-hydrogen) atoms. The number of nitrogens with one attached hydrogen (secondary N) is 1. The highest BCUT2D eigenvalue weighted by atomic mass is 79.9. The van der Waals surface area contributed by atoms with Crippen molar-refractivity contribution in [3.05, 3.63) is 10.9 Å². The Labute approximate surface area is 152 Å². The van der Waals surface area contributed by atoms with Gasteiger partial charge in [0.25, 0.3) is 0 Å². The van der Waals surface area contributed by atoms with E-state index in [-0.39, 0.29) is 0 Å². The maximum Gasteiger partial charge on any atom is 0.164 e. The van der Waals surface area contributed by atoms with Gasteiger partial charge in [0, 0.05) is 19.6 Å². The maximum atomic E-state index is 4.47. The summed E-state index contributed by atoms with van der Waals surface area (Å²) in [6.45, 7) is 7.96. The summed E-state index contributed by atoms with van der Waals surface area (Å²) in [5.41, 5.74) is 0.847. The fourth-order valence-corrected chi connectivity index (χ4v) is 4.48. The Balaban J connectivity index is 1.81. The summed E-state index contributed by atoms with van der Waals surface area (Å²) in [6, 6.07) is 0.558. The lowest BCUT2D eigenvalue weighted by Crippen LogP contribution is -2.43. The number of aryl methyl sites for hydroxylation is 1. The molecule has 1 fully saturated rings. The average Bonchev–Trinajstić information content (AvgIpc) is 3.21. The van der Waals surface area contributed by atoms with Gasteiger partial charge < -0.3 is 5.32 Å². The molecule has 0 saturated carbocycles. The minimum atomic E-state index is 0.558. The van der Waals surface area contributed by atoms with Crippen LogP contribution in [0.15, 0.2) is 10.9 Å². The Kier molecular flexibility index (Phi) is 5.71. The highest BCUT2D eigenvalue weighted by Gasteiger charge is 2.27. The molecule has 1 unspecified atom stereocenters. The minimum absolute atomic E-state index is 0.558. The number of likely N-dealkylation sites (tertiary alicyclic amines) is 1. The smallest absolute Gasteiger partial charge is 0.164 e. The van der Waals surface area contributed by atoms with Crippen molar-refractivity contribution in [2.24, 2.45) is 13.0 Å². The zero-order valence-electron chi connectivity index (χ0n) is 14.8. The molecular weight excluding hydrogens is 368 g/mol. The van der Waals surface area contributed by atoms with E-state index in [1.807, 2.05) is 7.05 Å². The van der Waals surface area contributed by atoms with Gasteiger partial charge in [0.05, 0.1) is 5.39 Å². The number of rotatable bonds is 7. The zero-order valence-corrected chi connectivity index (χ0v) is 16.4. The van der Waals surface area contributed by atoms with Gasteiger partial charge in [0.2, 0.25) is 0 Å². The molecule has 0 radical (unpaired) electrons. The summed E-state index contributed by atoms with van der Waals surface area (Å²) < 4.78 is 2.58. The SMILES string of the molecule is CCC(CC)C(CNc1ncnc2c1c(Br)nn2C)N1CCCC1. The molecule has 3 heterocycles. The van der Waals surface area contributed by atoms with Crippen molar-refractivity contribution in [3.8, 4) is 0 Å². The molecule has 1 saturated heterocycles. The van der Waals surface area contributed by atoms with Gasteiger partial charge in [-0.15, -0.1) is 0 Å². The predicted molar refractivity (Wildman–Crippen MR) is 101 cm³/mol. The van der Waals surface area contributed by atoms with Crippen molar-refractivity contribution in [1.29, 1.82) is 0 Å². The third-order valence-electron chi connectivity index (χ3n) is 5.26. The predicted octanol–water partition coefficient (Wildman–Crippen LogP) is 3.44. The lowest BCUT2D eigenvalue weighted by molar-refractivity contribution is 0.175. The fraction of sp³-hybridized carbons (Fsp3) is 0.706. The van der Waals surface area contributed by atoms with Gasteiger partial charge in [0.15, 0.2) is 5.65 Å². The number of nitrogens with zero attached hydrogens (tertiary/aromatic N) is 5. The minimum Gasteiger partial charge on any atom is -0.368 e. The third kappa shape index (κ3) is 3.42. The van der Waals surface area contributed by atoms with Crippen LogP contribution in [0.2, 0.25) is 0 Å². The van der Waals surface area contributed by atoms with E-state index in [0.29, 0.717) is 12.0 Å². The Bertz CT molecular complexity index is 673. The Hall–Kier alpha value is -1.21. The second-order valence-corrected chi connectivity index (χ2v) is 7.35. The van der Waals surface area contributed by atoms with Crippen molar-refractivity contribution in [3.63, 3.8) is 0 Å². The van der Waals surface area contributed by atoms with E-state index in [0.717, 1.165) is 28.0 Å². The van der Waals surface area contributed by atoms with Crippen molar-refractivity contribution in [2.45, 2.75) is 45.6 Å². The molecule has 7 heteroatoms. The van der Waals surface area contributed by atoms with E-state index in [1.54, 1.807) is 11.0 Å². The Morgan fingerprint density at radius 3 is 2.58 bits per heavy atom. The van der Waals surface area contributed by atoms with Crippen LogP contribution in [0.1, 0.15) is 39.5 Å². The molecule has 3 rings (SSSR count). The number of anilines is 1. The molecule has 1 atom stereocenters. The van der Waals surface area contributed by atoms with E-state index in [2.05, 4.69) is 55.1 Å². The lowest BCUT2D eigenvalue weighted by Gasteiger charge is -2.34. The molecule has 0 amide bonds. The highest BCUT2D eigenvalue weighted by Crippen LogP contribution is 2.28. The molecule has 0 bridgehead atoms. The normalized spacial score (nSPS) is 17.0. The van der Waals surface area contributed by atoms with Gasteiger partial charge in [-0.05, 0) is 47.8 Å². The van der Waals surface area contributed by atoms with Crippen molar-refractivity contribution >= 4 is 32.8 Å². The van der Waals surface area contributed by atoms with Gasteiger partial charge in [0.1, 0.15) is 16.7 Å². The van der Waals surface area contributed by atoms with Crippen LogP contribution < -0.4 is 5.32 Å². The van der Waals surface area contributed by atoms with Crippen LogP contribution >= 0.6 is 15.9 Å². The van der Waals surface area contributed by atoms with E-state index in [4.69, 9.17) is 0 Å². The molecule has 1 aliphatic heterocycles. The molecular formula is C17H27BrN6. The third-order valence-corrected chi connectivity index (χ3v) is 5.81. The fourth-order valence-electron chi connectivity index (χ4n) is 3.88. The van der Waals surface area contributed by atoms with Crippen molar-refractivity contribution < 1.29 is 0 Å². The summed E-state index contributed by atoms with van der Waals surface area (Å²) >= 11 is 3.54. The molecule has 0 aliphatic carbocycles. The van der Waals surface area contributed by atoms with Gasteiger partial charge >= 0.3 is 0 Å². The summed E-state index contributed by atoms with van der Waals surface area (Å²) in [5.74, 6) is 1.58. The molecule has 2 aromatic rings. The Morgan fingerprint density at radius 1 is 1.21 bits per heavy atom. The topological polar surface area (TPSA) is 58.9 Å². The molecule has 6 nitrogen and oxygen atoms in total. The summed E-state index contributed by atoms with van der Waals surface area (Å²) in [6.07, 6.45) is 6.69. The lowest BCUT2D eigenvalue weighted by atomic mass is 9.93. The quantitative estimate of drug-likeness (QED) is 0.779. The first-order valence-electron chi connectivity index (χ1n) is 8.96. The summed E-state index contributed by atoms with van der Waals surface area (Å²) in [5, 5.41) is 8.96. The van der Waals surface area contributed by atoms with Crippen molar-refractivity contribution in [1.82, 2.24) is 24.6 Å². The number of fused-ring (bicyclic) bond motifs is 1. The second kappa shape index (κ2) is 7.78. The van der Waals surface area contributed by atoms with Crippen LogP contribution in [-0.4, -0.2) is 50.3 Å². The molecule has 2 aromatic heterocycles. The first-order valence-corrected chi connectivity index (χ1v) is 9.76. The van der Waals surface area contributed by atoms with E-state index in [1.165, 1.54) is 38.8 Å². The average molecular weight is 395 g/mol. The first kappa shape index (κ1) is 17.6. The van der Waals surface area contributed by atoms with Crippen LogP contribution in [0.4, 0.5) is 5.82 Å². The number of hydrogen-bond donors (Lipinski definition) is 1. The van der Waals surface area contributed by atoms with E-state index < -0.39 is 0 Å². The van der Waals surface area contributed by atoms with Gasteiger partial charge in [-0.1, -0.05) is 26.7 Å². The van der Waals surface area contributed by atoms with Gasteiger partial charge in [-0.2, -0.15) is 5.10 Å². The van der Waals surface area contributed by atoms with E-state index >= 15 is 0 Å². The monoisotopic (exact) mass is 394 g/mol. The largest absolute Gasteiger partial charge is 0.368 e. The summed E-state index contributed by atoms with van der Waals surface area (Å²) in [4.78, 5) is 11.5. The van der Waals surface area contributed by atoms with E-state index in [9.17, 15) is 0 Å². The van der Waals surface area contributed by atoms with Crippen LogP contribution in [0.25, 0.3) is 11.0 Å². The second-order valence-electron chi connectivity index (χ2n) is 6.60. The number of halogens is 1. The molecule has 0 spiro atoms. The maximum absolute atomic E-state index is 4.47. The van der Waals surface area contributed by atoms with Crippen LogP contribution in [-0.2, 0) is 7.05 Å². The number of aromatic nitrogens is 4. The molecule has 1 aliphatic rings. The van der Waals surface area contributed by atoms with Crippen LogP contribution in [0.3, 0.4) is 0 Å². The van der Waals surface area contributed by atoms with Crippen molar-refractivity contribution in [2.75, 3.05) is 25.0 Å². The zero-order chi connectivity index (χ0) is 17.1.